The number of ether oxygens (including phenoxy) is 3. The molecule has 0 saturated carbocycles. The van der Waals surface area contributed by atoms with Gasteiger partial charge in [-0.1, -0.05) is 6.07 Å². The summed E-state index contributed by atoms with van der Waals surface area (Å²) in [6.07, 6.45) is 1.42. The van der Waals surface area contributed by atoms with Crippen LogP contribution in [0.3, 0.4) is 0 Å². The molecule has 1 saturated heterocycles. The Balaban J connectivity index is 1.41. The van der Waals surface area contributed by atoms with Crippen LogP contribution >= 0.6 is 11.8 Å². The molecule has 0 bridgehead atoms. The number of sulfonamides is 1. The zero-order valence-electron chi connectivity index (χ0n) is 14.0. The molecule has 26 heavy (non-hydrogen) atoms. The van der Waals surface area contributed by atoms with Crippen molar-refractivity contribution in [2.45, 2.75) is 15.7 Å². The van der Waals surface area contributed by atoms with Gasteiger partial charge in [-0.2, -0.15) is 4.31 Å². The molecule has 7 nitrogen and oxygen atoms in total. The second kappa shape index (κ2) is 7.43. The number of hydrogen-bond acceptors (Lipinski definition) is 7. The normalized spacial score (nSPS) is 17.4. The van der Waals surface area contributed by atoms with E-state index >= 15 is 0 Å². The summed E-state index contributed by atoms with van der Waals surface area (Å²) in [5, 5.41) is 0.767. The second-order valence-electron chi connectivity index (χ2n) is 5.82. The van der Waals surface area contributed by atoms with Crippen molar-refractivity contribution in [1.29, 1.82) is 0 Å². The maximum absolute atomic E-state index is 12.6. The van der Waals surface area contributed by atoms with E-state index in [0.717, 1.165) is 22.1 Å². The zero-order chi connectivity index (χ0) is 18.0. The van der Waals surface area contributed by atoms with E-state index in [9.17, 15) is 8.42 Å². The predicted octanol–water partition coefficient (Wildman–Crippen LogP) is 2.12. The monoisotopic (exact) mass is 394 g/mol. The number of fused-ring (bicyclic) bond motifs is 1. The van der Waals surface area contributed by atoms with Crippen LogP contribution in [0.1, 0.15) is 5.56 Å². The lowest BCUT2D eigenvalue weighted by molar-refractivity contribution is 0.0730. The molecule has 0 aliphatic carbocycles. The molecule has 0 spiro atoms. The summed E-state index contributed by atoms with van der Waals surface area (Å²) < 4.78 is 42.5. The van der Waals surface area contributed by atoms with Gasteiger partial charge in [-0.25, -0.2) is 13.4 Å². The Bertz CT molecular complexity index is 881. The number of nitrogens with zero attached hydrogens (tertiary/aromatic N) is 2. The van der Waals surface area contributed by atoms with Crippen LogP contribution in [0.25, 0.3) is 0 Å². The summed E-state index contributed by atoms with van der Waals surface area (Å²) in [5.41, 5.74) is 1.09. The summed E-state index contributed by atoms with van der Waals surface area (Å²) in [4.78, 5) is 4.51. The largest absolute Gasteiger partial charge is 0.454 e. The first-order valence-electron chi connectivity index (χ1n) is 8.18. The highest BCUT2D eigenvalue weighted by Crippen LogP contribution is 2.34. The number of thioether (sulfide) groups is 1. The quantitative estimate of drug-likeness (QED) is 0.719. The average molecular weight is 394 g/mol. The van der Waals surface area contributed by atoms with Crippen molar-refractivity contribution in [3.8, 4) is 11.5 Å². The molecule has 0 atom stereocenters. The maximum Gasteiger partial charge on any atom is 0.244 e. The topological polar surface area (TPSA) is 78.0 Å². The highest BCUT2D eigenvalue weighted by atomic mass is 32.2. The minimum Gasteiger partial charge on any atom is -0.454 e. The summed E-state index contributed by atoms with van der Waals surface area (Å²) in [5.74, 6) is 2.22. The van der Waals surface area contributed by atoms with Gasteiger partial charge in [-0.15, -0.1) is 11.8 Å². The molecule has 138 valence electrons. The number of benzene rings is 1. The molecule has 1 aromatic heterocycles. The lowest BCUT2D eigenvalue weighted by atomic mass is 10.2. The van der Waals surface area contributed by atoms with Gasteiger partial charge in [0.25, 0.3) is 0 Å². The number of rotatable bonds is 5. The van der Waals surface area contributed by atoms with Crippen LogP contribution < -0.4 is 9.47 Å². The van der Waals surface area contributed by atoms with Crippen molar-refractivity contribution in [2.75, 3.05) is 33.1 Å². The van der Waals surface area contributed by atoms with Crippen molar-refractivity contribution in [1.82, 2.24) is 9.29 Å². The van der Waals surface area contributed by atoms with E-state index in [1.54, 1.807) is 12.1 Å². The van der Waals surface area contributed by atoms with Crippen LogP contribution in [0.15, 0.2) is 46.5 Å². The first kappa shape index (κ1) is 17.6. The Morgan fingerprint density at radius 2 is 1.88 bits per heavy atom. The molecule has 9 heteroatoms. The van der Waals surface area contributed by atoms with Crippen LogP contribution in [-0.2, 0) is 20.5 Å². The number of hydrogen-bond donors (Lipinski definition) is 0. The number of pyridine rings is 1. The highest BCUT2D eigenvalue weighted by molar-refractivity contribution is 7.98. The zero-order valence-corrected chi connectivity index (χ0v) is 15.6. The van der Waals surface area contributed by atoms with E-state index in [1.165, 1.54) is 22.3 Å². The molecule has 1 fully saturated rings. The van der Waals surface area contributed by atoms with Crippen LogP contribution in [-0.4, -0.2) is 50.8 Å². The molecule has 0 N–H and O–H groups in total. The Morgan fingerprint density at radius 3 is 2.65 bits per heavy atom. The van der Waals surface area contributed by atoms with Gasteiger partial charge in [0.05, 0.1) is 18.2 Å². The maximum atomic E-state index is 12.6. The minimum absolute atomic E-state index is 0.215. The molecular formula is C17H18N2O5S2. The lowest BCUT2D eigenvalue weighted by Crippen LogP contribution is -2.40. The molecule has 0 radical (unpaired) electrons. The first-order valence-corrected chi connectivity index (χ1v) is 10.6. The summed E-state index contributed by atoms with van der Waals surface area (Å²) in [6.45, 7) is 1.87. The van der Waals surface area contributed by atoms with Gasteiger partial charge >= 0.3 is 0 Å². The van der Waals surface area contributed by atoms with Gasteiger partial charge in [0, 0.05) is 25.0 Å². The van der Waals surface area contributed by atoms with Gasteiger partial charge < -0.3 is 14.2 Å². The molecule has 0 amide bonds. The molecule has 0 unspecified atom stereocenters. The fraction of sp³-hybridized carbons (Fsp3) is 0.353. The van der Waals surface area contributed by atoms with E-state index < -0.39 is 10.0 Å². The molecule has 4 rings (SSSR count). The van der Waals surface area contributed by atoms with Gasteiger partial charge in [-0.3, -0.25) is 0 Å². The summed E-state index contributed by atoms with van der Waals surface area (Å²) in [7, 11) is -3.50. The van der Waals surface area contributed by atoms with Crippen LogP contribution in [0.4, 0.5) is 0 Å². The minimum atomic E-state index is -3.50. The predicted molar refractivity (Wildman–Crippen MR) is 95.9 cm³/mol. The second-order valence-corrected chi connectivity index (χ2v) is 8.76. The Morgan fingerprint density at radius 1 is 1.08 bits per heavy atom. The Kier molecular flexibility index (Phi) is 5.03. The van der Waals surface area contributed by atoms with Crippen LogP contribution in [0.2, 0.25) is 0 Å². The van der Waals surface area contributed by atoms with Crippen molar-refractivity contribution in [3.63, 3.8) is 0 Å². The van der Waals surface area contributed by atoms with Crippen molar-refractivity contribution in [3.05, 3.63) is 42.1 Å². The average Bonchev–Trinajstić information content (AvgIpc) is 3.15. The van der Waals surface area contributed by atoms with E-state index in [1.807, 2.05) is 18.2 Å². The number of morpholine rings is 1. The first-order chi connectivity index (χ1) is 12.6. The van der Waals surface area contributed by atoms with Crippen molar-refractivity contribution >= 4 is 21.8 Å². The third-order valence-electron chi connectivity index (χ3n) is 4.14. The van der Waals surface area contributed by atoms with E-state index in [2.05, 4.69) is 4.98 Å². The van der Waals surface area contributed by atoms with E-state index in [4.69, 9.17) is 14.2 Å². The van der Waals surface area contributed by atoms with E-state index in [-0.39, 0.29) is 11.7 Å². The number of aromatic nitrogens is 1. The Hall–Kier alpha value is -1.81. The molecular weight excluding hydrogens is 376 g/mol. The van der Waals surface area contributed by atoms with Crippen LogP contribution in [0.5, 0.6) is 11.5 Å². The van der Waals surface area contributed by atoms with Crippen molar-refractivity contribution in [2.24, 2.45) is 0 Å². The van der Waals surface area contributed by atoms with E-state index in [0.29, 0.717) is 32.1 Å². The van der Waals surface area contributed by atoms with Gasteiger partial charge in [-0.05, 0) is 29.8 Å². The molecule has 2 aliphatic rings. The highest BCUT2D eigenvalue weighted by Gasteiger charge is 2.26. The summed E-state index contributed by atoms with van der Waals surface area (Å²) in [6, 6.07) is 9.18. The van der Waals surface area contributed by atoms with Gasteiger partial charge in [0.15, 0.2) is 11.5 Å². The fourth-order valence-electron chi connectivity index (χ4n) is 2.73. The smallest absolute Gasteiger partial charge is 0.244 e. The Labute approximate surface area is 156 Å². The molecule has 3 heterocycles. The van der Waals surface area contributed by atoms with Gasteiger partial charge in [0.2, 0.25) is 16.8 Å². The van der Waals surface area contributed by atoms with Crippen LogP contribution in [0, 0.1) is 0 Å². The third-order valence-corrected chi connectivity index (χ3v) is 7.04. The molecule has 2 aliphatic heterocycles. The molecule has 1 aromatic carbocycles. The SMILES string of the molecule is O=S(=O)(c1ccc(SCc2ccc3c(c2)OCO3)nc1)N1CCOCC1. The summed E-state index contributed by atoms with van der Waals surface area (Å²) >= 11 is 1.54. The third kappa shape index (κ3) is 3.66. The van der Waals surface area contributed by atoms with Crippen molar-refractivity contribution < 1.29 is 22.6 Å². The standard InChI is InChI=1S/C17H18N2O5S2/c20-26(21,19-5-7-22-8-6-19)14-2-4-17(18-10-14)25-11-13-1-3-15-16(9-13)24-12-23-15/h1-4,9-10H,5-8,11-12H2. The molecule has 2 aromatic rings. The van der Waals surface area contributed by atoms with Gasteiger partial charge in [0.1, 0.15) is 4.90 Å². The fourth-order valence-corrected chi connectivity index (χ4v) is 4.87. The lowest BCUT2D eigenvalue weighted by Gasteiger charge is -2.25.